The molecule has 2 N–H and O–H groups in total. The maximum absolute atomic E-state index is 6.11. The number of aryl methyl sites for hydroxylation is 1. The van der Waals surface area contributed by atoms with Crippen molar-refractivity contribution >= 4 is 0 Å². The molecule has 1 atom stereocenters. The Morgan fingerprint density at radius 2 is 2.20 bits per heavy atom. The van der Waals surface area contributed by atoms with Crippen LogP contribution in [0.1, 0.15) is 49.4 Å². The van der Waals surface area contributed by atoms with Crippen LogP contribution in [0.15, 0.2) is 12.3 Å². The van der Waals surface area contributed by atoms with Crippen LogP contribution in [0.2, 0.25) is 0 Å². The number of aromatic nitrogens is 1. The van der Waals surface area contributed by atoms with Gasteiger partial charge >= 0.3 is 0 Å². The third-order valence-electron chi connectivity index (χ3n) is 3.92. The van der Waals surface area contributed by atoms with Crippen LogP contribution in [0.3, 0.4) is 0 Å². The lowest BCUT2D eigenvalue weighted by Crippen LogP contribution is -2.18. The van der Waals surface area contributed by atoms with Crippen LogP contribution in [-0.2, 0) is 13.0 Å². The van der Waals surface area contributed by atoms with E-state index in [4.69, 9.17) is 5.73 Å². The van der Waals surface area contributed by atoms with Gasteiger partial charge in [-0.2, -0.15) is 0 Å². The smallest absolute Gasteiger partial charge is 0.0312 e. The lowest BCUT2D eigenvalue weighted by Gasteiger charge is -2.20. The summed E-state index contributed by atoms with van der Waals surface area (Å²) in [5, 5.41) is 0. The Bertz CT molecular complexity index is 349. The van der Waals surface area contributed by atoms with Crippen molar-refractivity contribution in [3.8, 4) is 0 Å². The average molecular weight is 204 g/mol. The first-order valence-corrected chi connectivity index (χ1v) is 6.28. The highest BCUT2D eigenvalue weighted by molar-refractivity contribution is 5.28. The topological polar surface area (TPSA) is 30.9 Å². The van der Waals surface area contributed by atoms with Crippen LogP contribution in [0.4, 0.5) is 0 Å². The number of hydrogen-bond acceptors (Lipinski definition) is 1. The maximum atomic E-state index is 6.11. The molecule has 3 rings (SSSR count). The molecule has 15 heavy (non-hydrogen) atoms. The third-order valence-corrected chi connectivity index (χ3v) is 3.92. The van der Waals surface area contributed by atoms with E-state index < -0.39 is 0 Å². The molecule has 1 heterocycles. The summed E-state index contributed by atoms with van der Waals surface area (Å²) in [7, 11) is 0. The van der Waals surface area contributed by atoms with Crippen molar-refractivity contribution in [3.63, 3.8) is 0 Å². The highest BCUT2D eigenvalue weighted by Crippen LogP contribution is 2.34. The Kier molecular flexibility index (Phi) is 2.32. The molecule has 0 aromatic carbocycles. The molecule has 82 valence electrons. The van der Waals surface area contributed by atoms with Crippen molar-refractivity contribution in [1.82, 2.24) is 4.57 Å². The van der Waals surface area contributed by atoms with Gasteiger partial charge in [0.05, 0.1) is 0 Å². The number of nitrogens with zero attached hydrogens (tertiary/aromatic N) is 1. The van der Waals surface area contributed by atoms with Gasteiger partial charge in [0.25, 0.3) is 0 Å². The largest absolute Gasteiger partial charge is 0.351 e. The van der Waals surface area contributed by atoms with Crippen LogP contribution in [0, 0.1) is 5.92 Å². The number of hydrogen-bond donors (Lipinski definition) is 1. The van der Waals surface area contributed by atoms with Crippen LogP contribution >= 0.6 is 0 Å². The van der Waals surface area contributed by atoms with Crippen molar-refractivity contribution < 1.29 is 0 Å². The van der Waals surface area contributed by atoms with Gasteiger partial charge in [-0.1, -0.05) is 12.8 Å². The quantitative estimate of drug-likeness (QED) is 0.806. The van der Waals surface area contributed by atoms with E-state index in [2.05, 4.69) is 16.8 Å². The Balaban J connectivity index is 1.76. The van der Waals surface area contributed by atoms with Gasteiger partial charge in [0.1, 0.15) is 0 Å². The summed E-state index contributed by atoms with van der Waals surface area (Å²) >= 11 is 0. The molecule has 2 nitrogen and oxygen atoms in total. The minimum Gasteiger partial charge on any atom is -0.351 e. The predicted octanol–water partition coefficient (Wildman–Crippen LogP) is 2.62. The molecule has 0 radical (unpaired) electrons. The maximum Gasteiger partial charge on any atom is 0.0312 e. The minimum atomic E-state index is 0.302. The Morgan fingerprint density at radius 1 is 1.33 bits per heavy atom. The van der Waals surface area contributed by atoms with Crippen LogP contribution < -0.4 is 5.73 Å². The molecule has 1 saturated carbocycles. The van der Waals surface area contributed by atoms with Crippen LogP contribution in [0.25, 0.3) is 0 Å². The minimum absolute atomic E-state index is 0.302. The molecule has 0 saturated heterocycles. The molecule has 2 aliphatic carbocycles. The van der Waals surface area contributed by atoms with Gasteiger partial charge < -0.3 is 10.3 Å². The van der Waals surface area contributed by atoms with E-state index in [-0.39, 0.29) is 0 Å². The Hall–Kier alpha value is -0.760. The molecular weight excluding hydrogens is 184 g/mol. The Morgan fingerprint density at radius 3 is 3.00 bits per heavy atom. The fraction of sp³-hybridized carbons (Fsp3) is 0.692. The summed E-state index contributed by atoms with van der Waals surface area (Å²) in [6, 6.07) is 2.54. The van der Waals surface area contributed by atoms with Gasteiger partial charge in [0, 0.05) is 24.5 Å². The highest BCUT2D eigenvalue weighted by atomic mass is 15.0. The molecule has 1 unspecified atom stereocenters. The standard InChI is InChI=1S/C13H20N2/c14-12-2-1-3-13-11(12)7-9-15(13)8-6-10-4-5-10/h7,9-10,12H,1-6,8,14H2. The molecule has 0 amide bonds. The lowest BCUT2D eigenvalue weighted by atomic mass is 9.93. The van der Waals surface area contributed by atoms with Crippen molar-refractivity contribution in [2.75, 3.05) is 0 Å². The monoisotopic (exact) mass is 204 g/mol. The van der Waals surface area contributed by atoms with Gasteiger partial charge in [-0.25, -0.2) is 0 Å². The lowest BCUT2D eigenvalue weighted by molar-refractivity contribution is 0.522. The number of rotatable bonds is 3. The van der Waals surface area contributed by atoms with E-state index >= 15 is 0 Å². The van der Waals surface area contributed by atoms with Crippen molar-refractivity contribution in [1.29, 1.82) is 0 Å². The predicted molar refractivity (Wildman–Crippen MR) is 61.6 cm³/mol. The zero-order valence-corrected chi connectivity index (χ0v) is 9.28. The van der Waals surface area contributed by atoms with Gasteiger partial charge in [-0.05, 0) is 43.2 Å². The van der Waals surface area contributed by atoms with Crippen molar-refractivity contribution in [3.05, 3.63) is 23.5 Å². The molecule has 0 aliphatic heterocycles. The molecule has 1 fully saturated rings. The number of nitrogens with two attached hydrogens (primary N) is 1. The SMILES string of the molecule is NC1CCCc2c1ccn2CCC1CC1. The zero-order valence-electron chi connectivity index (χ0n) is 9.28. The van der Waals surface area contributed by atoms with E-state index in [1.807, 2.05) is 0 Å². The molecule has 2 heteroatoms. The zero-order chi connectivity index (χ0) is 10.3. The van der Waals surface area contributed by atoms with Crippen molar-refractivity contribution in [2.45, 2.75) is 51.1 Å². The van der Waals surface area contributed by atoms with E-state index in [1.54, 1.807) is 0 Å². The molecule has 1 aromatic heterocycles. The molecule has 0 spiro atoms. The normalized spacial score (nSPS) is 25.3. The summed E-state index contributed by atoms with van der Waals surface area (Å²) in [5.41, 5.74) is 9.05. The van der Waals surface area contributed by atoms with Crippen LogP contribution in [-0.4, -0.2) is 4.57 Å². The van der Waals surface area contributed by atoms with Gasteiger partial charge in [-0.3, -0.25) is 0 Å². The third kappa shape index (κ3) is 1.83. The Labute approximate surface area is 91.5 Å². The fourth-order valence-electron chi connectivity index (χ4n) is 2.73. The summed E-state index contributed by atoms with van der Waals surface area (Å²) in [4.78, 5) is 0. The summed E-state index contributed by atoms with van der Waals surface area (Å²) in [5.74, 6) is 1.03. The second kappa shape index (κ2) is 3.67. The van der Waals surface area contributed by atoms with Crippen molar-refractivity contribution in [2.24, 2.45) is 11.7 Å². The van der Waals surface area contributed by atoms with E-state index in [0.717, 1.165) is 5.92 Å². The molecule has 2 aliphatic rings. The van der Waals surface area contributed by atoms with E-state index in [0.29, 0.717) is 6.04 Å². The van der Waals surface area contributed by atoms with Gasteiger partial charge in [0.15, 0.2) is 0 Å². The summed E-state index contributed by atoms with van der Waals surface area (Å²) < 4.78 is 2.45. The first kappa shape index (κ1) is 9.46. The second-order valence-corrected chi connectivity index (χ2v) is 5.14. The average Bonchev–Trinajstić information content (AvgIpc) is 2.97. The van der Waals surface area contributed by atoms with Gasteiger partial charge in [0.2, 0.25) is 0 Å². The second-order valence-electron chi connectivity index (χ2n) is 5.14. The van der Waals surface area contributed by atoms with E-state index in [9.17, 15) is 0 Å². The molecular formula is C13H20N2. The van der Waals surface area contributed by atoms with Gasteiger partial charge in [-0.15, -0.1) is 0 Å². The fourth-order valence-corrected chi connectivity index (χ4v) is 2.73. The first-order chi connectivity index (χ1) is 7.34. The summed E-state index contributed by atoms with van der Waals surface area (Å²) in [6.07, 6.45) is 10.2. The van der Waals surface area contributed by atoms with Crippen LogP contribution in [0.5, 0.6) is 0 Å². The highest BCUT2D eigenvalue weighted by Gasteiger charge is 2.23. The van der Waals surface area contributed by atoms with E-state index in [1.165, 1.54) is 56.3 Å². The number of fused-ring (bicyclic) bond motifs is 1. The molecule has 1 aromatic rings. The summed E-state index contributed by atoms with van der Waals surface area (Å²) in [6.45, 7) is 1.22. The molecule has 0 bridgehead atoms. The first-order valence-electron chi connectivity index (χ1n) is 6.28.